The predicted molar refractivity (Wildman–Crippen MR) is 114 cm³/mol. The van der Waals surface area contributed by atoms with E-state index in [1.807, 2.05) is 24.7 Å². The topological polar surface area (TPSA) is 53.4 Å². The van der Waals surface area contributed by atoms with Crippen molar-refractivity contribution in [2.45, 2.75) is 13.5 Å². The summed E-state index contributed by atoms with van der Waals surface area (Å²) in [6.07, 6.45) is 0. The first-order chi connectivity index (χ1) is 13.6. The van der Waals surface area contributed by atoms with E-state index in [0.29, 0.717) is 6.54 Å². The maximum Gasteiger partial charge on any atom is 0.261 e. The molecule has 7 heteroatoms. The number of thiophene rings is 1. The Morgan fingerprint density at radius 1 is 1.14 bits per heavy atom. The van der Waals surface area contributed by atoms with Gasteiger partial charge >= 0.3 is 0 Å². The van der Waals surface area contributed by atoms with Crippen molar-refractivity contribution in [1.29, 1.82) is 0 Å². The number of nitrogens with one attached hydrogen (secondary N) is 1. The number of amides is 1. The minimum atomic E-state index is 0.0170. The Morgan fingerprint density at radius 3 is 2.57 bits per heavy atom. The minimum Gasteiger partial charge on any atom is -0.350 e. The van der Waals surface area contributed by atoms with Crippen molar-refractivity contribution in [2.24, 2.45) is 7.05 Å². The molecule has 1 N–H and O–H groups in total. The van der Waals surface area contributed by atoms with Crippen molar-refractivity contribution in [3.8, 4) is 0 Å². The molecule has 3 aromatic rings. The number of fused-ring (bicyclic) bond motifs is 1. The number of aromatic nitrogens is 2. The Balaban J connectivity index is 1.21. The van der Waals surface area contributed by atoms with Crippen molar-refractivity contribution in [2.75, 3.05) is 39.3 Å². The predicted octanol–water partition coefficient (Wildman–Crippen LogP) is 2.49. The molecule has 148 valence electrons. The molecular formula is C21H27N5OS. The fourth-order valence-corrected chi connectivity index (χ4v) is 4.78. The van der Waals surface area contributed by atoms with Crippen LogP contribution in [-0.2, 0) is 13.6 Å². The van der Waals surface area contributed by atoms with Gasteiger partial charge in [-0.25, -0.2) is 0 Å². The average Bonchev–Trinajstić information content (AvgIpc) is 3.26. The summed E-state index contributed by atoms with van der Waals surface area (Å²) in [7, 11) is 1.92. The van der Waals surface area contributed by atoms with Crippen LogP contribution in [-0.4, -0.2) is 64.8 Å². The molecule has 0 radical (unpaired) electrons. The lowest BCUT2D eigenvalue weighted by Gasteiger charge is -2.34. The van der Waals surface area contributed by atoms with Crippen molar-refractivity contribution in [3.05, 3.63) is 52.5 Å². The molecule has 28 heavy (non-hydrogen) atoms. The molecule has 4 rings (SSSR count). The zero-order valence-electron chi connectivity index (χ0n) is 16.5. The van der Waals surface area contributed by atoms with Crippen LogP contribution < -0.4 is 5.32 Å². The molecule has 1 amide bonds. The number of hydrogen-bond donors (Lipinski definition) is 1. The smallest absolute Gasteiger partial charge is 0.261 e. The van der Waals surface area contributed by atoms with Crippen LogP contribution in [0.25, 0.3) is 10.2 Å². The number of carbonyl (C=O) groups excluding carboxylic acids is 1. The lowest BCUT2D eigenvalue weighted by molar-refractivity contribution is 0.0938. The highest BCUT2D eigenvalue weighted by Crippen LogP contribution is 2.27. The van der Waals surface area contributed by atoms with Gasteiger partial charge in [0.25, 0.3) is 5.91 Å². The van der Waals surface area contributed by atoms with Gasteiger partial charge in [0.2, 0.25) is 0 Å². The molecule has 1 saturated heterocycles. The Kier molecular flexibility index (Phi) is 5.75. The van der Waals surface area contributed by atoms with E-state index in [-0.39, 0.29) is 5.91 Å². The first-order valence-corrected chi connectivity index (χ1v) is 10.6. The Hall–Kier alpha value is -2.22. The summed E-state index contributed by atoms with van der Waals surface area (Å²) in [6, 6.07) is 12.6. The summed E-state index contributed by atoms with van der Waals surface area (Å²) in [5.41, 5.74) is 2.35. The minimum absolute atomic E-state index is 0.0170. The summed E-state index contributed by atoms with van der Waals surface area (Å²) >= 11 is 1.51. The molecule has 1 aliphatic rings. The van der Waals surface area contributed by atoms with Gasteiger partial charge in [-0.15, -0.1) is 11.3 Å². The standard InChI is InChI=1S/C21H27N5OS/c1-16-18-14-19(28-21(18)24(2)23-16)20(27)22-8-9-25-10-12-26(13-11-25)15-17-6-4-3-5-7-17/h3-7,14H,8-13,15H2,1-2H3,(H,22,27). The van der Waals surface area contributed by atoms with Crippen LogP contribution in [0.1, 0.15) is 20.9 Å². The average molecular weight is 398 g/mol. The summed E-state index contributed by atoms with van der Waals surface area (Å²) < 4.78 is 1.85. The monoisotopic (exact) mass is 397 g/mol. The largest absolute Gasteiger partial charge is 0.350 e. The van der Waals surface area contributed by atoms with Crippen LogP contribution in [0, 0.1) is 6.92 Å². The van der Waals surface area contributed by atoms with Crippen molar-refractivity contribution in [1.82, 2.24) is 24.9 Å². The molecule has 0 unspecified atom stereocenters. The first-order valence-electron chi connectivity index (χ1n) is 9.80. The Labute approximate surface area is 169 Å². The Bertz CT molecular complexity index is 906. The molecule has 1 fully saturated rings. The molecule has 2 aromatic heterocycles. The second-order valence-corrected chi connectivity index (χ2v) is 8.43. The zero-order chi connectivity index (χ0) is 19.5. The van der Waals surface area contributed by atoms with E-state index < -0.39 is 0 Å². The normalized spacial score (nSPS) is 15.9. The molecular weight excluding hydrogens is 370 g/mol. The molecule has 0 bridgehead atoms. The van der Waals surface area contributed by atoms with Crippen LogP contribution in [0.5, 0.6) is 0 Å². The summed E-state index contributed by atoms with van der Waals surface area (Å²) in [5.74, 6) is 0.0170. The van der Waals surface area contributed by atoms with E-state index in [1.165, 1.54) is 16.9 Å². The molecule has 1 aliphatic heterocycles. The number of piperazine rings is 1. The van der Waals surface area contributed by atoms with Gasteiger partial charge in [0.1, 0.15) is 4.83 Å². The number of carbonyl (C=O) groups is 1. The summed E-state index contributed by atoms with van der Waals surface area (Å²) in [5, 5.41) is 8.54. The highest BCUT2D eigenvalue weighted by molar-refractivity contribution is 7.20. The van der Waals surface area contributed by atoms with Crippen LogP contribution >= 0.6 is 11.3 Å². The second-order valence-electron chi connectivity index (χ2n) is 7.40. The van der Waals surface area contributed by atoms with Gasteiger partial charge in [-0.05, 0) is 18.6 Å². The molecule has 6 nitrogen and oxygen atoms in total. The van der Waals surface area contributed by atoms with E-state index in [2.05, 4.69) is 50.5 Å². The second kappa shape index (κ2) is 8.43. The summed E-state index contributed by atoms with van der Waals surface area (Å²) in [6.45, 7) is 8.84. The lowest BCUT2D eigenvalue weighted by Crippen LogP contribution is -2.48. The van der Waals surface area contributed by atoms with Crippen LogP contribution in [0.15, 0.2) is 36.4 Å². The van der Waals surface area contributed by atoms with E-state index in [1.54, 1.807) is 0 Å². The van der Waals surface area contributed by atoms with E-state index in [4.69, 9.17) is 0 Å². The quantitative estimate of drug-likeness (QED) is 0.694. The molecule has 3 heterocycles. The maximum absolute atomic E-state index is 12.5. The highest BCUT2D eigenvalue weighted by Gasteiger charge is 2.18. The van der Waals surface area contributed by atoms with Crippen LogP contribution in [0.4, 0.5) is 0 Å². The molecule has 0 aliphatic carbocycles. The van der Waals surface area contributed by atoms with Crippen LogP contribution in [0.3, 0.4) is 0 Å². The van der Waals surface area contributed by atoms with Gasteiger partial charge < -0.3 is 5.32 Å². The van der Waals surface area contributed by atoms with Gasteiger partial charge in [0.15, 0.2) is 0 Å². The lowest BCUT2D eigenvalue weighted by atomic mass is 10.2. The third-order valence-electron chi connectivity index (χ3n) is 5.35. The fraction of sp³-hybridized carbons (Fsp3) is 0.429. The van der Waals surface area contributed by atoms with E-state index >= 15 is 0 Å². The van der Waals surface area contributed by atoms with Gasteiger partial charge in [-0.1, -0.05) is 30.3 Å². The number of aryl methyl sites for hydroxylation is 2. The molecule has 0 saturated carbocycles. The highest BCUT2D eigenvalue weighted by atomic mass is 32.1. The third kappa shape index (κ3) is 4.27. The maximum atomic E-state index is 12.5. The number of benzene rings is 1. The first kappa shape index (κ1) is 19.1. The van der Waals surface area contributed by atoms with Crippen molar-refractivity contribution in [3.63, 3.8) is 0 Å². The van der Waals surface area contributed by atoms with E-state index in [0.717, 1.165) is 60.1 Å². The number of rotatable bonds is 6. The molecule has 0 spiro atoms. The SMILES string of the molecule is Cc1nn(C)c2sc(C(=O)NCCN3CCN(Cc4ccccc4)CC3)cc12. The third-order valence-corrected chi connectivity index (χ3v) is 6.55. The Morgan fingerprint density at radius 2 is 1.86 bits per heavy atom. The molecule has 0 atom stereocenters. The van der Waals surface area contributed by atoms with Gasteiger partial charge in [-0.3, -0.25) is 19.3 Å². The van der Waals surface area contributed by atoms with Gasteiger partial charge in [0.05, 0.1) is 10.6 Å². The molecule has 1 aromatic carbocycles. The fourth-order valence-electron chi connectivity index (χ4n) is 3.74. The van der Waals surface area contributed by atoms with Gasteiger partial charge in [0, 0.05) is 58.2 Å². The van der Waals surface area contributed by atoms with E-state index in [9.17, 15) is 4.79 Å². The van der Waals surface area contributed by atoms with Crippen molar-refractivity contribution < 1.29 is 4.79 Å². The number of hydrogen-bond acceptors (Lipinski definition) is 5. The summed E-state index contributed by atoms with van der Waals surface area (Å²) in [4.78, 5) is 19.2. The van der Waals surface area contributed by atoms with Gasteiger partial charge in [-0.2, -0.15) is 5.10 Å². The number of nitrogens with zero attached hydrogens (tertiary/aromatic N) is 4. The van der Waals surface area contributed by atoms with Crippen molar-refractivity contribution >= 4 is 27.5 Å². The van der Waals surface area contributed by atoms with Crippen LogP contribution in [0.2, 0.25) is 0 Å². The zero-order valence-corrected chi connectivity index (χ0v) is 17.3.